The Balaban J connectivity index is 2.60. The normalized spacial score (nSPS) is 13.4. The van der Waals surface area contributed by atoms with Crippen molar-refractivity contribution in [1.82, 2.24) is 9.97 Å². The number of hydrogen-bond acceptors (Lipinski definition) is 2. The highest BCUT2D eigenvalue weighted by atomic mass is 14.9. The topological polar surface area (TPSA) is 54.7 Å². The number of aryl methyl sites for hydroxylation is 1. The van der Waals surface area contributed by atoms with Gasteiger partial charge in [0.1, 0.15) is 5.82 Å². The van der Waals surface area contributed by atoms with Crippen LogP contribution in [0.4, 0.5) is 0 Å². The summed E-state index contributed by atoms with van der Waals surface area (Å²) < 4.78 is 0. The molecule has 1 unspecified atom stereocenters. The molecule has 62 valence electrons. The molecule has 1 atom stereocenters. The van der Waals surface area contributed by atoms with Gasteiger partial charge in [-0.25, -0.2) is 4.98 Å². The van der Waals surface area contributed by atoms with E-state index in [1.807, 2.05) is 13.1 Å². The van der Waals surface area contributed by atoms with Crippen LogP contribution in [0.2, 0.25) is 0 Å². The summed E-state index contributed by atoms with van der Waals surface area (Å²) in [4.78, 5) is 7.28. The fourth-order valence-electron chi connectivity index (χ4n) is 1.07. The molecule has 0 radical (unpaired) electrons. The molecular formula is C8H15N3. The van der Waals surface area contributed by atoms with E-state index >= 15 is 0 Å². The van der Waals surface area contributed by atoms with E-state index in [4.69, 9.17) is 5.73 Å². The number of nitrogens with zero attached hydrogens (tertiary/aromatic N) is 1. The summed E-state index contributed by atoms with van der Waals surface area (Å²) in [6, 6.07) is 0.0775. The van der Waals surface area contributed by atoms with Crippen LogP contribution >= 0.6 is 0 Å². The Morgan fingerprint density at radius 1 is 1.73 bits per heavy atom. The van der Waals surface area contributed by atoms with Crippen LogP contribution < -0.4 is 5.73 Å². The number of imidazole rings is 1. The van der Waals surface area contributed by atoms with Crippen LogP contribution in [-0.4, -0.2) is 9.97 Å². The first kappa shape index (κ1) is 8.27. The molecule has 0 aliphatic carbocycles. The lowest BCUT2D eigenvalue weighted by Gasteiger charge is -2.05. The molecule has 0 aliphatic heterocycles. The second kappa shape index (κ2) is 3.53. The van der Waals surface area contributed by atoms with Crippen molar-refractivity contribution < 1.29 is 0 Å². The minimum absolute atomic E-state index is 0.0775. The average Bonchev–Trinajstić information content (AvgIpc) is 2.36. The maximum Gasteiger partial charge on any atom is 0.123 e. The highest BCUT2D eigenvalue weighted by Gasteiger charge is 2.06. The monoisotopic (exact) mass is 153 g/mol. The van der Waals surface area contributed by atoms with Gasteiger partial charge in [-0.2, -0.15) is 0 Å². The highest BCUT2D eigenvalue weighted by molar-refractivity contribution is 5.01. The van der Waals surface area contributed by atoms with E-state index in [1.54, 1.807) is 0 Å². The van der Waals surface area contributed by atoms with Crippen molar-refractivity contribution in [3.05, 3.63) is 17.7 Å². The quantitative estimate of drug-likeness (QED) is 0.691. The second-order valence-electron chi connectivity index (χ2n) is 2.85. The summed E-state index contributed by atoms with van der Waals surface area (Å²) in [5, 5.41) is 0. The van der Waals surface area contributed by atoms with Gasteiger partial charge in [0.05, 0.1) is 6.04 Å². The third kappa shape index (κ3) is 2.05. The van der Waals surface area contributed by atoms with Gasteiger partial charge in [-0.05, 0) is 13.3 Å². The van der Waals surface area contributed by atoms with Gasteiger partial charge in [0, 0.05) is 11.9 Å². The van der Waals surface area contributed by atoms with E-state index in [0.717, 1.165) is 24.4 Å². The largest absolute Gasteiger partial charge is 0.345 e. The Hall–Kier alpha value is -0.830. The van der Waals surface area contributed by atoms with E-state index in [1.165, 1.54) is 0 Å². The van der Waals surface area contributed by atoms with Crippen molar-refractivity contribution in [2.45, 2.75) is 32.7 Å². The number of H-pyrrole nitrogens is 1. The van der Waals surface area contributed by atoms with Gasteiger partial charge in [0.15, 0.2) is 0 Å². The molecule has 1 aromatic rings. The van der Waals surface area contributed by atoms with E-state index in [2.05, 4.69) is 16.9 Å². The first-order chi connectivity index (χ1) is 5.24. The summed E-state index contributed by atoms with van der Waals surface area (Å²) in [5.74, 6) is 0.907. The van der Waals surface area contributed by atoms with Gasteiger partial charge >= 0.3 is 0 Å². The maximum absolute atomic E-state index is 5.83. The maximum atomic E-state index is 5.83. The summed E-state index contributed by atoms with van der Waals surface area (Å²) in [5.41, 5.74) is 6.90. The van der Waals surface area contributed by atoms with E-state index in [-0.39, 0.29) is 6.04 Å². The van der Waals surface area contributed by atoms with Crippen LogP contribution in [0.25, 0.3) is 0 Å². The Bertz CT molecular complexity index is 217. The van der Waals surface area contributed by atoms with Crippen molar-refractivity contribution >= 4 is 0 Å². The minimum atomic E-state index is 0.0775. The molecule has 0 amide bonds. The molecule has 0 saturated heterocycles. The van der Waals surface area contributed by atoms with Gasteiger partial charge in [0.2, 0.25) is 0 Å². The van der Waals surface area contributed by atoms with Crippen LogP contribution in [0.15, 0.2) is 6.20 Å². The Morgan fingerprint density at radius 2 is 2.45 bits per heavy atom. The molecule has 11 heavy (non-hydrogen) atoms. The Morgan fingerprint density at radius 3 is 2.91 bits per heavy atom. The molecule has 3 nitrogen and oxygen atoms in total. The molecule has 0 aromatic carbocycles. The molecule has 0 spiro atoms. The third-order valence-electron chi connectivity index (χ3n) is 1.67. The number of hydrogen-bond donors (Lipinski definition) is 2. The predicted molar refractivity (Wildman–Crippen MR) is 45.2 cm³/mol. The lowest BCUT2D eigenvalue weighted by molar-refractivity contribution is 0.608. The zero-order chi connectivity index (χ0) is 8.27. The molecule has 0 fully saturated rings. The van der Waals surface area contributed by atoms with Crippen LogP contribution in [0.5, 0.6) is 0 Å². The zero-order valence-corrected chi connectivity index (χ0v) is 7.09. The van der Waals surface area contributed by atoms with Gasteiger partial charge in [-0.3, -0.25) is 0 Å². The molecule has 0 aliphatic rings. The van der Waals surface area contributed by atoms with Crippen molar-refractivity contribution in [3.8, 4) is 0 Å². The number of nitrogens with one attached hydrogen (secondary N) is 1. The SMILES string of the molecule is CCCC(N)c1ncc(C)[nH]1. The van der Waals surface area contributed by atoms with Gasteiger partial charge < -0.3 is 10.7 Å². The summed E-state index contributed by atoms with van der Waals surface area (Å²) in [6.07, 6.45) is 3.90. The lowest BCUT2D eigenvalue weighted by Crippen LogP contribution is -2.11. The molecule has 1 heterocycles. The van der Waals surface area contributed by atoms with Crippen molar-refractivity contribution in [3.63, 3.8) is 0 Å². The molecule has 1 rings (SSSR count). The summed E-state index contributed by atoms with van der Waals surface area (Å²) >= 11 is 0. The number of aromatic amines is 1. The van der Waals surface area contributed by atoms with Crippen LogP contribution in [0.1, 0.15) is 37.3 Å². The highest BCUT2D eigenvalue weighted by Crippen LogP contribution is 2.10. The fourth-order valence-corrected chi connectivity index (χ4v) is 1.07. The number of aromatic nitrogens is 2. The Kier molecular flexibility index (Phi) is 2.65. The smallest absolute Gasteiger partial charge is 0.123 e. The molecule has 0 saturated carbocycles. The van der Waals surface area contributed by atoms with Gasteiger partial charge in [-0.1, -0.05) is 13.3 Å². The molecule has 1 aromatic heterocycles. The first-order valence-corrected chi connectivity index (χ1v) is 4.01. The van der Waals surface area contributed by atoms with Crippen molar-refractivity contribution in [1.29, 1.82) is 0 Å². The lowest BCUT2D eigenvalue weighted by atomic mass is 10.2. The van der Waals surface area contributed by atoms with Crippen LogP contribution in [0.3, 0.4) is 0 Å². The first-order valence-electron chi connectivity index (χ1n) is 4.01. The van der Waals surface area contributed by atoms with Gasteiger partial charge in [0.25, 0.3) is 0 Å². The Labute approximate surface area is 67.0 Å². The van der Waals surface area contributed by atoms with Crippen LogP contribution in [0, 0.1) is 6.92 Å². The van der Waals surface area contributed by atoms with Crippen LogP contribution in [-0.2, 0) is 0 Å². The molecule has 3 N–H and O–H groups in total. The molecule has 3 heteroatoms. The van der Waals surface area contributed by atoms with E-state index in [9.17, 15) is 0 Å². The van der Waals surface area contributed by atoms with Crippen molar-refractivity contribution in [2.75, 3.05) is 0 Å². The zero-order valence-electron chi connectivity index (χ0n) is 7.09. The van der Waals surface area contributed by atoms with E-state index < -0.39 is 0 Å². The van der Waals surface area contributed by atoms with Gasteiger partial charge in [-0.15, -0.1) is 0 Å². The fraction of sp³-hybridized carbons (Fsp3) is 0.625. The minimum Gasteiger partial charge on any atom is -0.345 e. The number of nitrogens with two attached hydrogens (primary N) is 1. The molecule has 0 bridgehead atoms. The van der Waals surface area contributed by atoms with E-state index in [0.29, 0.717) is 0 Å². The molecular weight excluding hydrogens is 138 g/mol. The predicted octanol–water partition coefficient (Wildman–Crippen LogP) is 1.52. The average molecular weight is 153 g/mol. The number of rotatable bonds is 3. The van der Waals surface area contributed by atoms with Crippen molar-refractivity contribution in [2.24, 2.45) is 5.73 Å². The second-order valence-corrected chi connectivity index (χ2v) is 2.85. The third-order valence-corrected chi connectivity index (χ3v) is 1.67. The standard InChI is InChI=1S/C8H15N3/c1-3-4-7(9)8-10-5-6(2)11-8/h5,7H,3-4,9H2,1-2H3,(H,10,11). The summed E-state index contributed by atoms with van der Waals surface area (Å²) in [6.45, 7) is 4.10. The summed E-state index contributed by atoms with van der Waals surface area (Å²) in [7, 11) is 0.